The van der Waals surface area contributed by atoms with E-state index in [1.54, 1.807) is 0 Å². The van der Waals surface area contributed by atoms with E-state index >= 15 is 0 Å². The summed E-state index contributed by atoms with van der Waals surface area (Å²) in [5.41, 5.74) is 0.218. The number of likely N-dealkylation sites (tertiary alicyclic amines) is 1. The van der Waals surface area contributed by atoms with Crippen molar-refractivity contribution in [2.75, 3.05) is 19.6 Å². The molecular formula is C14H26N4. The van der Waals surface area contributed by atoms with Gasteiger partial charge in [0.25, 0.3) is 0 Å². The summed E-state index contributed by atoms with van der Waals surface area (Å²) < 4.78 is 2.02. The van der Waals surface area contributed by atoms with Gasteiger partial charge in [0, 0.05) is 37.1 Å². The Morgan fingerprint density at radius 2 is 2.17 bits per heavy atom. The highest BCUT2D eigenvalue weighted by atomic mass is 15.3. The number of hydrogen-bond acceptors (Lipinski definition) is 3. The summed E-state index contributed by atoms with van der Waals surface area (Å²) in [5, 5.41) is 7.88. The van der Waals surface area contributed by atoms with E-state index in [-0.39, 0.29) is 5.54 Å². The second-order valence-corrected chi connectivity index (χ2v) is 6.23. The van der Waals surface area contributed by atoms with Crippen LogP contribution in [0.3, 0.4) is 0 Å². The molecule has 0 radical (unpaired) electrons. The van der Waals surface area contributed by atoms with Crippen LogP contribution in [-0.2, 0) is 6.54 Å². The summed E-state index contributed by atoms with van der Waals surface area (Å²) in [5.74, 6) is 0. The molecule has 0 amide bonds. The van der Waals surface area contributed by atoms with Crippen LogP contribution in [0.2, 0.25) is 0 Å². The molecule has 1 fully saturated rings. The van der Waals surface area contributed by atoms with E-state index in [1.165, 1.54) is 19.4 Å². The maximum Gasteiger partial charge on any atom is 0.0536 e. The fraction of sp³-hybridized carbons (Fsp3) is 0.786. The van der Waals surface area contributed by atoms with Gasteiger partial charge in [-0.1, -0.05) is 0 Å². The van der Waals surface area contributed by atoms with Crippen molar-refractivity contribution in [1.29, 1.82) is 0 Å². The molecular weight excluding hydrogens is 224 g/mol. The van der Waals surface area contributed by atoms with Crippen molar-refractivity contribution in [3.05, 3.63) is 18.5 Å². The molecule has 1 aliphatic heterocycles. The molecule has 4 nitrogen and oxygen atoms in total. The summed E-state index contributed by atoms with van der Waals surface area (Å²) in [6.07, 6.45) is 6.54. The molecule has 2 rings (SSSR count). The second-order valence-electron chi connectivity index (χ2n) is 6.23. The Hall–Kier alpha value is -0.870. The van der Waals surface area contributed by atoms with Crippen LogP contribution in [0.5, 0.6) is 0 Å². The monoisotopic (exact) mass is 250 g/mol. The highest BCUT2D eigenvalue weighted by molar-refractivity contribution is 4.84. The van der Waals surface area contributed by atoms with E-state index in [0.29, 0.717) is 6.04 Å². The van der Waals surface area contributed by atoms with E-state index < -0.39 is 0 Å². The minimum absolute atomic E-state index is 0.218. The molecule has 1 aromatic rings. The average molecular weight is 250 g/mol. The smallest absolute Gasteiger partial charge is 0.0536 e. The van der Waals surface area contributed by atoms with Gasteiger partial charge in [-0.05, 0) is 46.2 Å². The van der Waals surface area contributed by atoms with Crippen molar-refractivity contribution in [3.63, 3.8) is 0 Å². The van der Waals surface area contributed by atoms with Crippen LogP contribution < -0.4 is 5.32 Å². The minimum atomic E-state index is 0.218. The van der Waals surface area contributed by atoms with Crippen molar-refractivity contribution in [2.45, 2.75) is 51.7 Å². The second kappa shape index (κ2) is 5.85. The summed E-state index contributed by atoms with van der Waals surface area (Å²) in [7, 11) is 0. The standard InChI is InChI=1S/C14H26N4/c1-14(2,3)15-12-13-6-4-8-17(13)10-11-18-9-5-7-16-18/h5,7,9,13,15H,4,6,8,10-12H2,1-3H3. The third-order valence-electron chi connectivity index (χ3n) is 3.54. The largest absolute Gasteiger partial charge is 0.311 e. The van der Waals surface area contributed by atoms with Gasteiger partial charge in [0.05, 0.1) is 6.54 Å². The number of rotatable bonds is 5. The molecule has 1 N–H and O–H groups in total. The lowest BCUT2D eigenvalue weighted by atomic mass is 10.1. The van der Waals surface area contributed by atoms with Gasteiger partial charge in [0.15, 0.2) is 0 Å². The van der Waals surface area contributed by atoms with Gasteiger partial charge < -0.3 is 5.32 Å². The van der Waals surface area contributed by atoms with Gasteiger partial charge in [-0.3, -0.25) is 9.58 Å². The molecule has 1 saturated heterocycles. The molecule has 0 aromatic carbocycles. The predicted molar refractivity (Wildman–Crippen MR) is 74.6 cm³/mol. The topological polar surface area (TPSA) is 33.1 Å². The Labute approximate surface area is 110 Å². The molecule has 0 spiro atoms. The van der Waals surface area contributed by atoms with Crippen LogP contribution >= 0.6 is 0 Å². The Kier molecular flexibility index (Phi) is 4.40. The van der Waals surface area contributed by atoms with Gasteiger partial charge in [0.2, 0.25) is 0 Å². The summed E-state index contributed by atoms with van der Waals surface area (Å²) in [6, 6.07) is 2.68. The molecule has 1 unspecified atom stereocenters. The zero-order valence-corrected chi connectivity index (χ0v) is 11.9. The first kappa shape index (κ1) is 13.6. The Balaban J connectivity index is 1.76. The van der Waals surface area contributed by atoms with Crippen LogP contribution in [0, 0.1) is 0 Å². The number of nitrogens with zero attached hydrogens (tertiary/aromatic N) is 3. The molecule has 1 aliphatic rings. The van der Waals surface area contributed by atoms with Crippen molar-refractivity contribution < 1.29 is 0 Å². The fourth-order valence-corrected chi connectivity index (χ4v) is 2.51. The maximum atomic E-state index is 4.26. The van der Waals surface area contributed by atoms with Crippen LogP contribution in [0.15, 0.2) is 18.5 Å². The number of nitrogens with one attached hydrogen (secondary N) is 1. The van der Waals surface area contributed by atoms with E-state index in [0.717, 1.165) is 19.6 Å². The number of hydrogen-bond donors (Lipinski definition) is 1. The van der Waals surface area contributed by atoms with Gasteiger partial charge in [0.1, 0.15) is 0 Å². The SMILES string of the molecule is CC(C)(C)NCC1CCCN1CCn1cccn1. The van der Waals surface area contributed by atoms with Gasteiger partial charge in [-0.25, -0.2) is 0 Å². The quantitative estimate of drug-likeness (QED) is 0.864. The highest BCUT2D eigenvalue weighted by Crippen LogP contribution is 2.17. The van der Waals surface area contributed by atoms with E-state index in [2.05, 4.69) is 36.1 Å². The first-order valence-corrected chi connectivity index (χ1v) is 7.01. The molecule has 0 aliphatic carbocycles. The molecule has 1 aromatic heterocycles. The Morgan fingerprint density at radius 3 is 2.83 bits per heavy atom. The first-order valence-electron chi connectivity index (χ1n) is 7.01. The van der Waals surface area contributed by atoms with Crippen LogP contribution in [0.1, 0.15) is 33.6 Å². The molecule has 0 bridgehead atoms. The van der Waals surface area contributed by atoms with Crippen LogP contribution in [0.4, 0.5) is 0 Å². The normalized spacial score (nSPS) is 21.6. The molecule has 4 heteroatoms. The average Bonchev–Trinajstić information content (AvgIpc) is 2.94. The summed E-state index contributed by atoms with van der Waals surface area (Å²) in [6.45, 7) is 11.1. The molecule has 1 atom stereocenters. The van der Waals surface area contributed by atoms with Gasteiger partial charge >= 0.3 is 0 Å². The molecule has 0 saturated carbocycles. The molecule has 2 heterocycles. The zero-order valence-electron chi connectivity index (χ0n) is 11.9. The van der Waals surface area contributed by atoms with Gasteiger partial charge in [-0.15, -0.1) is 0 Å². The summed E-state index contributed by atoms with van der Waals surface area (Å²) in [4.78, 5) is 2.60. The lowest BCUT2D eigenvalue weighted by Gasteiger charge is -2.29. The first-order chi connectivity index (χ1) is 8.54. The van der Waals surface area contributed by atoms with Crippen molar-refractivity contribution in [1.82, 2.24) is 20.0 Å². The third-order valence-corrected chi connectivity index (χ3v) is 3.54. The van der Waals surface area contributed by atoms with E-state index in [4.69, 9.17) is 0 Å². The fourth-order valence-electron chi connectivity index (χ4n) is 2.51. The predicted octanol–water partition coefficient (Wildman–Crippen LogP) is 1.74. The minimum Gasteiger partial charge on any atom is -0.311 e. The highest BCUT2D eigenvalue weighted by Gasteiger charge is 2.25. The lowest BCUT2D eigenvalue weighted by Crippen LogP contribution is -2.45. The number of aromatic nitrogens is 2. The zero-order chi connectivity index (χ0) is 13.0. The molecule has 102 valence electrons. The lowest BCUT2D eigenvalue weighted by molar-refractivity contribution is 0.222. The van der Waals surface area contributed by atoms with Crippen molar-refractivity contribution in [2.24, 2.45) is 0 Å². The van der Waals surface area contributed by atoms with Crippen LogP contribution in [0.25, 0.3) is 0 Å². The molecule has 18 heavy (non-hydrogen) atoms. The Morgan fingerprint density at radius 1 is 1.33 bits per heavy atom. The van der Waals surface area contributed by atoms with Crippen molar-refractivity contribution in [3.8, 4) is 0 Å². The third kappa shape index (κ3) is 4.10. The van der Waals surface area contributed by atoms with E-state index in [1.807, 2.05) is 23.1 Å². The Bertz CT molecular complexity index is 339. The van der Waals surface area contributed by atoms with Crippen LogP contribution in [-0.4, -0.2) is 45.9 Å². The van der Waals surface area contributed by atoms with E-state index in [9.17, 15) is 0 Å². The summed E-state index contributed by atoms with van der Waals surface area (Å²) >= 11 is 0. The maximum absolute atomic E-state index is 4.26. The van der Waals surface area contributed by atoms with Crippen molar-refractivity contribution >= 4 is 0 Å². The van der Waals surface area contributed by atoms with Gasteiger partial charge in [-0.2, -0.15) is 5.10 Å².